The Kier molecular flexibility index (Phi) is 5.69. The summed E-state index contributed by atoms with van der Waals surface area (Å²) in [4.78, 5) is 12.1. The number of halogens is 2. The Balaban J connectivity index is 3.30. The highest BCUT2D eigenvalue weighted by atomic mass is 79.9. The quantitative estimate of drug-likeness (QED) is 0.744. The Morgan fingerprint density at radius 1 is 1.58 bits per heavy atom. The molecule has 0 saturated heterocycles. The van der Waals surface area contributed by atoms with Crippen LogP contribution in [0.15, 0.2) is 52.6 Å². The third-order valence-electron chi connectivity index (χ3n) is 2.71. The van der Waals surface area contributed by atoms with Crippen molar-refractivity contribution in [1.82, 2.24) is 0 Å². The molecule has 0 saturated carbocycles. The van der Waals surface area contributed by atoms with Gasteiger partial charge in [-0.15, -0.1) is 11.3 Å². The lowest BCUT2D eigenvalue weighted by Gasteiger charge is -2.21. The summed E-state index contributed by atoms with van der Waals surface area (Å²) in [6.07, 6.45) is 2.70. The van der Waals surface area contributed by atoms with Crippen LogP contribution in [-0.4, -0.2) is 11.1 Å². The van der Waals surface area contributed by atoms with E-state index in [1.807, 2.05) is 12.1 Å². The maximum absolute atomic E-state index is 13.0. The van der Waals surface area contributed by atoms with Crippen molar-refractivity contribution in [3.05, 3.63) is 57.5 Å². The molecule has 0 amide bonds. The maximum atomic E-state index is 13.0. The average molecular weight is 345 g/mol. The van der Waals surface area contributed by atoms with Gasteiger partial charge in [-0.1, -0.05) is 26.2 Å². The van der Waals surface area contributed by atoms with E-state index < -0.39 is 23.6 Å². The zero-order chi connectivity index (χ0) is 14.6. The number of aliphatic carboxylic acids is 1. The molecule has 2 atom stereocenters. The Morgan fingerprint density at radius 2 is 2.21 bits per heavy atom. The number of carboxylic acids is 1. The predicted molar refractivity (Wildman–Crippen MR) is 80.1 cm³/mol. The predicted octanol–water partition coefficient (Wildman–Crippen LogP) is 4.91. The van der Waals surface area contributed by atoms with Crippen LogP contribution in [-0.2, 0) is 4.79 Å². The van der Waals surface area contributed by atoms with E-state index in [-0.39, 0.29) is 0 Å². The minimum atomic E-state index is -0.938. The number of allylic oxidation sites excluding steroid dienone is 4. The van der Waals surface area contributed by atoms with Gasteiger partial charge in [-0.05, 0) is 39.7 Å². The van der Waals surface area contributed by atoms with Crippen LogP contribution in [0.3, 0.4) is 0 Å². The van der Waals surface area contributed by atoms with Gasteiger partial charge in [0.15, 0.2) is 0 Å². The van der Waals surface area contributed by atoms with Crippen LogP contribution in [0.1, 0.15) is 17.7 Å². The van der Waals surface area contributed by atoms with E-state index >= 15 is 0 Å². The Hall–Kier alpha value is -1.20. The molecule has 102 valence electrons. The molecule has 0 bridgehead atoms. The van der Waals surface area contributed by atoms with Gasteiger partial charge in [0.2, 0.25) is 0 Å². The first-order chi connectivity index (χ1) is 8.86. The first-order valence-corrected chi connectivity index (χ1v) is 7.14. The lowest BCUT2D eigenvalue weighted by Crippen LogP contribution is -2.19. The molecule has 0 spiro atoms. The average Bonchev–Trinajstić information content (AvgIpc) is 2.73. The molecule has 1 heterocycles. The molecule has 0 aliphatic heterocycles. The fourth-order valence-electron chi connectivity index (χ4n) is 1.79. The lowest BCUT2D eigenvalue weighted by molar-refractivity contribution is -0.141. The Bertz CT molecular complexity index is 533. The lowest BCUT2D eigenvalue weighted by atomic mass is 9.85. The molecule has 1 N–H and O–H groups in total. The van der Waals surface area contributed by atoms with E-state index in [0.717, 1.165) is 8.66 Å². The highest BCUT2D eigenvalue weighted by molar-refractivity contribution is 9.11. The van der Waals surface area contributed by atoms with Gasteiger partial charge >= 0.3 is 5.97 Å². The monoisotopic (exact) mass is 344 g/mol. The molecule has 1 aromatic heterocycles. The van der Waals surface area contributed by atoms with Crippen molar-refractivity contribution in [3.63, 3.8) is 0 Å². The maximum Gasteiger partial charge on any atom is 0.307 e. The van der Waals surface area contributed by atoms with Crippen molar-refractivity contribution in [2.45, 2.75) is 12.8 Å². The minimum absolute atomic E-state index is 0.446. The molecule has 19 heavy (non-hydrogen) atoms. The summed E-state index contributed by atoms with van der Waals surface area (Å²) in [5.74, 6) is -2.69. The Morgan fingerprint density at radius 3 is 2.58 bits per heavy atom. The van der Waals surface area contributed by atoms with Gasteiger partial charge in [0.05, 0.1) is 9.70 Å². The van der Waals surface area contributed by atoms with Crippen molar-refractivity contribution in [2.75, 3.05) is 0 Å². The molecular formula is C14H14BrFO2S. The van der Waals surface area contributed by atoms with Crippen molar-refractivity contribution in [2.24, 2.45) is 5.92 Å². The van der Waals surface area contributed by atoms with Gasteiger partial charge in [-0.3, -0.25) is 4.79 Å². The van der Waals surface area contributed by atoms with Crippen molar-refractivity contribution < 1.29 is 14.3 Å². The smallest absolute Gasteiger partial charge is 0.307 e. The standard InChI is InChI=1S/C14H14BrFO2S/c1-4-10(7-8(2)16)13(9(3)14(17)18)11-5-6-12(15)19-11/h4-7,9,13H,1-2H2,3H3,(H,17,18)/b10-7+/t9-,13+/m0/s1. The number of hydrogen-bond acceptors (Lipinski definition) is 2. The van der Waals surface area contributed by atoms with Crippen LogP contribution in [0.5, 0.6) is 0 Å². The summed E-state index contributed by atoms with van der Waals surface area (Å²) >= 11 is 4.77. The largest absolute Gasteiger partial charge is 0.481 e. The second-order valence-corrected chi connectivity index (χ2v) is 6.54. The third kappa shape index (κ3) is 4.14. The summed E-state index contributed by atoms with van der Waals surface area (Å²) in [5.41, 5.74) is 0.511. The molecule has 1 aromatic rings. The summed E-state index contributed by atoms with van der Waals surface area (Å²) in [7, 11) is 0. The van der Waals surface area contributed by atoms with Crippen molar-refractivity contribution in [3.8, 4) is 0 Å². The van der Waals surface area contributed by atoms with E-state index in [2.05, 4.69) is 29.1 Å². The van der Waals surface area contributed by atoms with E-state index in [1.54, 1.807) is 6.92 Å². The van der Waals surface area contributed by atoms with E-state index in [1.165, 1.54) is 23.5 Å². The minimum Gasteiger partial charge on any atom is -0.481 e. The van der Waals surface area contributed by atoms with Crippen molar-refractivity contribution in [1.29, 1.82) is 0 Å². The van der Waals surface area contributed by atoms with Gasteiger partial charge < -0.3 is 5.11 Å². The molecular weight excluding hydrogens is 331 g/mol. The molecule has 2 nitrogen and oxygen atoms in total. The summed E-state index contributed by atoms with van der Waals surface area (Å²) in [6.45, 7) is 8.41. The van der Waals surface area contributed by atoms with Crippen LogP contribution in [0.4, 0.5) is 4.39 Å². The highest BCUT2D eigenvalue weighted by Crippen LogP contribution is 2.38. The topological polar surface area (TPSA) is 37.3 Å². The zero-order valence-electron chi connectivity index (χ0n) is 10.4. The van der Waals surface area contributed by atoms with Crippen LogP contribution < -0.4 is 0 Å². The first-order valence-electron chi connectivity index (χ1n) is 5.53. The number of carboxylic acid groups (broad SMARTS) is 1. The van der Waals surface area contributed by atoms with Gasteiger partial charge in [-0.25, -0.2) is 4.39 Å². The van der Waals surface area contributed by atoms with Gasteiger partial charge in [0, 0.05) is 10.8 Å². The Labute approximate surface area is 124 Å². The highest BCUT2D eigenvalue weighted by Gasteiger charge is 2.28. The molecule has 0 unspecified atom stereocenters. The van der Waals surface area contributed by atoms with Gasteiger partial charge in [0.1, 0.15) is 5.83 Å². The fourth-order valence-corrected chi connectivity index (χ4v) is 3.45. The van der Waals surface area contributed by atoms with E-state index in [9.17, 15) is 14.3 Å². The number of thiophene rings is 1. The molecule has 0 aromatic carbocycles. The van der Waals surface area contributed by atoms with Crippen LogP contribution in [0.25, 0.3) is 0 Å². The van der Waals surface area contributed by atoms with Crippen LogP contribution in [0.2, 0.25) is 0 Å². The molecule has 0 aliphatic carbocycles. The number of rotatable bonds is 6. The SMILES string of the molecule is C=C/C(=C\C(=C)F)[C@H](c1ccc(Br)s1)[C@H](C)C(=O)O. The normalized spacial score (nSPS) is 14.8. The summed E-state index contributed by atoms with van der Waals surface area (Å²) in [6, 6.07) is 3.67. The van der Waals surface area contributed by atoms with Gasteiger partial charge in [0.25, 0.3) is 0 Å². The van der Waals surface area contributed by atoms with E-state index in [4.69, 9.17) is 0 Å². The van der Waals surface area contributed by atoms with Crippen LogP contribution >= 0.6 is 27.3 Å². The summed E-state index contributed by atoms with van der Waals surface area (Å²) in [5, 5.41) is 9.21. The molecule has 1 rings (SSSR count). The second-order valence-electron chi connectivity index (χ2n) is 4.04. The zero-order valence-corrected chi connectivity index (χ0v) is 12.8. The third-order valence-corrected chi connectivity index (χ3v) is 4.41. The molecule has 5 heteroatoms. The molecule has 0 fully saturated rings. The fraction of sp³-hybridized carbons (Fsp3) is 0.214. The number of carbonyl (C=O) groups is 1. The molecule has 0 radical (unpaired) electrons. The molecule has 0 aliphatic rings. The summed E-state index contributed by atoms with van der Waals surface area (Å²) < 4.78 is 13.9. The van der Waals surface area contributed by atoms with Crippen molar-refractivity contribution >= 4 is 33.2 Å². The second kappa shape index (κ2) is 6.82. The number of hydrogen-bond donors (Lipinski definition) is 1. The van der Waals surface area contributed by atoms with Gasteiger partial charge in [-0.2, -0.15) is 0 Å². The first kappa shape index (κ1) is 15.9. The van der Waals surface area contributed by atoms with E-state index in [0.29, 0.717) is 5.57 Å². The van der Waals surface area contributed by atoms with Crippen LogP contribution in [0, 0.1) is 5.92 Å².